The van der Waals surface area contributed by atoms with Crippen LogP contribution in [0.1, 0.15) is 17.7 Å². The summed E-state index contributed by atoms with van der Waals surface area (Å²) in [6, 6.07) is 6.72. The highest BCUT2D eigenvalue weighted by molar-refractivity contribution is 7.99. The molecule has 7 heteroatoms. The number of hydrogen-bond donors (Lipinski definition) is 1. The summed E-state index contributed by atoms with van der Waals surface area (Å²) in [6.45, 7) is 1.92. The predicted molar refractivity (Wildman–Crippen MR) is 80.3 cm³/mol. The fourth-order valence-electron chi connectivity index (χ4n) is 1.82. The Morgan fingerprint density at radius 2 is 2.10 bits per heavy atom. The van der Waals surface area contributed by atoms with E-state index in [2.05, 4.69) is 15.0 Å². The summed E-state index contributed by atoms with van der Waals surface area (Å²) in [5, 5.41) is 0.960. The molecular weight excluding hydrogens is 295 g/mol. The number of anilines is 1. The number of nitrogens with zero attached hydrogens (tertiary/aromatic N) is 3. The molecule has 3 rings (SSSR count). The predicted octanol–water partition coefficient (Wildman–Crippen LogP) is 3.66. The van der Waals surface area contributed by atoms with E-state index in [4.69, 9.17) is 5.73 Å². The van der Waals surface area contributed by atoms with Gasteiger partial charge in [-0.2, -0.15) is 0 Å². The molecule has 0 radical (unpaired) electrons. The number of fused-ring (bicyclic) bond motifs is 1. The number of nitrogens with two attached hydrogens (primary N) is 1. The third-order valence-electron chi connectivity index (χ3n) is 2.77. The first-order valence-electron chi connectivity index (χ1n) is 5.93. The molecule has 4 nitrogen and oxygen atoms in total. The van der Waals surface area contributed by atoms with E-state index in [0.717, 1.165) is 4.70 Å². The Morgan fingerprint density at radius 3 is 2.90 bits per heavy atom. The molecule has 0 amide bonds. The third kappa shape index (κ3) is 2.59. The van der Waals surface area contributed by atoms with Gasteiger partial charge in [0.05, 0.1) is 10.9 Å². The molecule has 0 aliphatic carbocycles. The maximum Gasteiger partial charge on any atom is 0.190 e. The smallest absolute Gasteiger partial charge is 0.190 e. The summed E-state index contributed by atoms with van der Waals surface area (Å²) in [5.41, 5.74) is 6.86. The van der Waals surface area contributed by atoms with E-state index in [1.807, 2.05) is 13.0 Å². The van der Waals surface area contributed by atoms with E-state index in [-0.39, 0.29) is 11.1 Å². The molecule has 0 saturated carbocycles. The number of aromatic nitrogens is 3. The molecule has 2 heterocycles. The van der Waals surface area contributed by atoms with Gasteiger partial charge in [0.25, 0.3) is 0 Å². The summed E-state index contributed by atoms with van der Waals surface area (Å²) in [4.78, 5) is 12.7. The Morgan fingerprint density at radius 1 is 1.30 bits per heavy atom. The lowest BCUT2D eigenvalue weighted by Crippen LogP contribution is -1.95. The van der Waals surface area contributed by atoms with Crippen LogP contribution in [0.15, 0.2) is 35.6 Å². The van der Waals surface area contributed by atoms with Crippen molar-refractivity contribution in [3.8, 4) is 0 Å². The zero-order valence-corrected chi connectivity index (χ0v) is 12.2. The van der Waals surface area contributed by atoms with Crippen molar-refractivity contribution in [2.45, 2.75) is 17.3 Å². The molecule has 2 aromatic heterocycles. The average molecular weight is 306 g/mol. The van der Waals surface area contributed by atoms with Crippen LogP contribution in [0.4, 0.5) is 9.52 Å². The minimum Gasteiger partial charge on any atom is -0.375 e. The molecule has 1 aromatic carbocycles. The van der Waals surface area contributed by atoms with Gasteiger partial charge in [0, 0.05) is 10.8 Å². The van der Waals surface area contributed by atoms with Crippen LogP contribution in [0.2, 0.25) is 0 Å². The number of hydrogen-bond acceptors (Lipinski definition) is 6. The number of benzene rings is 1. The standard InChI is InChI=1S/C13H11FN4S2/c1-7(8-4-2-3-5-9(8)14)19-13-16-6-10-11(18-13)17-12(15)20-10/h2-7H,1H3,(H2,15,16,17,18)/t7-/m0/s1. The molecule has 1 atom stereocenters. The van der Waals surface area contributed by atoms with E-state index >= 15 is 0 Å². The Balaban J connectivity index is 1.87. The number of nitrogen functional groups attached to an aromatic ring is 1. The first-order valence-corrected chi connectivity index (χ1v) is 7.63. The lowest BCUT2D eigenvalue weighted by atomic mass is 10.1. The Bertz CT molecular complexity index is 759. The lowest BCUT2D eigenvalue weighted by molar-refractivity contribution is 0.611. The van der Waals surface area contributed by atoms with E-state index in [9.17, 15) is 4.39 Å². The largest absolute Gasteiger partial charge is 0.375 e. The van der Waals surface area contributed by atoms with Crippen molar-refractivity contribution in [1.82, 2.24) is 15.0 Å². The normalized spacial score (nSPS) is 12.7. The summed E-state index contributed by atoms with van der Waals surface area (Å²) < 4.78 is 14.6. The van der Waals surface area contributed by atoms with Crippen LogP contribution in [-0.2, 0) is 0 Å². The summed E-state index contributed by atoms with van der Waals surface area (Å²) in [5.74, 6) is -0.216. The van der Waals surface area contributed by atoms with Crippen LogP contribution in [0.3, 0.4) is 0 Å². The Hall–Kier alpha value is -1.73. The molecule has 0 aliphatic heterocycles. The minimum atomic E-state index is -0.216. The van der Waals surface area contributed by atoms with Crippen LogP contribution in [0.25, 0.3) is 10.3 Å². The van der Waals surface area contributed by atoms with Gasteiger partial charge in [-0.3, -0.25) is 0 Å². The van der Waals surface area contributed by atoms with Gasteiger partial charge >= 0.3 is 0 Å². The van der Waals surface area contributed by atoms with Gasteiger partial charge in [0.2, 0.25) is 0 Å². The van der Waals surface area contributed by atoms with Gasteiger partial charge in [0.15, 0.2) is 15.9 Å². The van der Waals surface area contributed by atoms with Gasteiger partial charge in [0.1, 0.15) is 5.82 Å². The number of thioether (sulfide) groups is 1. The molecule has 20 heavy (non-hydrogen) atoms. The zero-order chi connectivity index (χ0) is 14.1. The fourth-order valence-corrected chi connectivity index (χ4v) is 3.35. The SMILES string of the molecule is C[C@H](Sc1ncc2sc(N)nc2n1)c1ccccc1F. The fraction of sp³-hybridized carbons (Fsp3) is 0.154. The van der Waals surface area contributed by atoms with Crippen molar-refractivity contribution in [2.24, 2.45) is 0 Å². The second-order valence-corrected chi connectivity index (χ2v) is 6.54. The van der Waals surface area contributed by atoms with Crippen molar-refractivity contribution in [1.29, 1.82) is 0 Å². The highest BCUT2D eigenvalue weighted by Gasteiger charge is 2.14. The first kappa shape index (κ1) is 13.3. The van der Waals surface area contributed by atoms with Crippen molar-refractivity contribution in [2.75, 3.05) is 5.73 Å². The monoisotopic (exact) mass is 306 g/mol. The molecule has 0 spiro atoms. The molecule has 0 aliphatic rings. The van der Waals surface area contributed by atoms with Gasteiger partial charge in [-0.1, -0.05) is 41.3 Å². The second kappa shape index (κ2) is 5.34. The van der Waals surface area contributed by atoms with Crippen molar-refractivity contribution >= 4 is 38.6 Å². The second-order valence-electron chi connectivity index (χ2n) is 4.17. The number of halogens is 1. The maximum absolute atomic E-state index is 13.7. The van der Waals surface area contributed by atoms with E-state index in [1.165, 1.54) is 29.2 Å². The van der Waals surface area contributed by atoms with Gasteiger partial charge in [-0.05, 0) is 13.0 Å². The van der Waals surface area contributed by atoms with Gasteiger partial charge < -0.3 is 5.73 Å². The Kier molecular flexibility index (Phi) is 3.54. The minimum absolute atomic E-state index is 0.0790. The van der Waals surface area contributed by atoms with E-state index in [1.54, 1.807) is 18.3 Å². The van der Waals surface area contributed by atoms with Crippen LogP contribution < -0.4 is 5.73 Å². The van der Waals surface area contributed by atoms with Gasteiger partial charge in [-0.25, -0.2) is 19.3 Å². The van der Waals surface area contributed by atoms with Crippen LogP contribution in [-0.4, -0.2) is 15.0 Å². The molecule has 2 N–H and O–H groups in total. The lowest BCUT2D eigenvalue weighted by Gasteiger charge is -2.10. The van der Waals surface area contributed by atoms with E-state index < -0.39 is 0 Å². The maximum atomic E-state index is 13.7. The topological polar surface area (TPSA) is 64.7 Å². The van der Waals surface area contributed by atoms with Gasteiger partial charge in [-0.15, -0.1) is 0 Å². The summed E-state index contributed by atoms with van der Waals surface area (Å²) in [7, 11) is 0. The third-order valence-corrected chi connectivity index (χ3v) is 4.59. The molecule has 0 fully saturated rings. The Labute approximate surface area is 123 Å². The molecule has 102 valence electrons. The van der Waals surface area contributed by atoms with Crippen molar-refractivity contribution < 1.29 is 4.39 Å². The van der Waals surface area contributed by atoms with Crippen LogP contribution >= 0.6 is 23.1 Å². The molecule has 0 bridgehead atoms. The number of thiazole rings is 1. The quantitative estimate of drug-likeness (QED) is 0.591. The average Bonchev–Trinajstić information content (AvgIpc) is 2.78. The van der Waals surface area contributed by atoms with Crippen molar-refractivity contribution in [3.63, 3.8) is 0 Å². The molecule has 0 unspecified atom stereocenters. The molecule has 3 aromatic rings. The highest BCUT2D eigenvalue weighted by atomic mass is 32.2. The van der Waals surface area contributed by atoms with Crippen LogP contribution in [0.5, 0.6) is 0 Å². The zero-order valence-electron chi connectivity index (χ0n) is 10.6. The van der Waals surface area contributed by atoms with Crippen molar-refractivity contribution in [3.05, 3.63) is 41.8 Å². The summed E-state index contributed by atoms with van der Waals surface area (Å²) in [6.07, 6.45) is 1.70. The molecular formula is C13H11FN4S2. The highest BCUT2D eigenvalue weighted by Crippen LogP contribution is 2.34. The summed E-state index contributed by atoms with van der Waals surface area (Å²) >= 11 is 2.75. The van der Waals surface area contributed by atoms with E-state index in [0.29, 0.717) is 21.5 Å². The number of rotatable bonds is 3. The molecule has 0 saturated heterocycles. The van der Waals surface area contributed by atoms with Crippen LogP contribution in [0, 0.1) is 5.82 Å². The first-order chi connectivity index (χ1) is 9.63.